The van der Waals surface area contributed by atoms with Crippen molar-refractivity contribution in [2.24, 2.45) is 0 Å². The lowest BCUT2D eigenvalue weighted by molar-refractivity contribution is 0.0792. The largest absolute Gasteiger partial charge is 0.342 e. The van der Waals surface area contributed by atoms with E-state index in [1.165, 1.54) is 0 Å². The Kier molecular flexibility index (Phi) is 6.58. The third kappa shape index (κ3) is 5.01. The van der Waals surface area contributed by atoms with Crippen LogP contribution in [0.5, 0.6) is 0 Å². The number of imidazole rings is 1. The maximum absolute atomic E-state index is 12.8. The van der Waals surface area contributed by atoms with E-state index in [2.05, 4.69) is 26.2 Å². The van der Waals surface area contributed by atoms with E-state index in [1.807, 2.05) is 30.3 Å². The maximum Gasteiger partial charge on any atom is 0.295 e. The molecule has 32 heavy (non-hydrogen) atoms. The highest BCUT2D eigenvalue weighted by molar-refractivity contribution is 5.97. The van der Waals surface area contributed by atoms with Crippen LogP contribution < -0.4 is 0 Å². The van der Waals surface area contributed by atoms with E-state index in [4.69, 9.17) is 0 Å². The van der Waals surface area contributed by atoms with Crippen molar-refractivity contribution in [3.63, 3.8) is 0 Å². The Hall–Kier alpha value is -3.55. The van der Waals surface area contributed by atoms with E-state index in [1.54, 1.807) is 30.1 Å². The minimum Gasteiger partial charge on any atom is -0.342 e. The fourth-order valence-electron chi connectivity index (χ4n) is 3.68. The number of nitrogens with zero attached hydrogens (tertiary/aromatic N) is 3. The number of aromatic amines is 2. The Labute approximate surface area is 184 Å². The van der Waals surface area contributed by atoms with Gasteiger partial charge in [0.05, 0.1) is 16.7 Å². The predicted molar refractivity (Wildman–Crippen MR) is 120 cm³/mol. The van der Waals surface area contributed by atoms with Crippen molar-refractivity contribution in [3.05, 3.63) is 71.7 Å². The summed E-state index contributed by atoms with van der Waals surface area (Å²) < 4.78 is 25.6. The molecule has 2 aromatic heterocycles. The van der Waals surface area contributed by atoms with Crippen LogP contribution in [0.1, 0.15) is 47.6 Å². The lowest BCUT2D eigenvalue weighted by Crippen LogP contribution is -2.27. The van der Waals surface area contributed by atoms with Crippen LogP contribution in [-0.4, -0.2) is 44.6 Å². The summed E-state index contributed by atoms with van der Waals surface area (Å²) in [5.41, 5.74) is 4.46. The van der Waals surface area contributed by atoms with Gasteiger partial charge < -0.3 is 9.88 Å². The molecule has 0 radical (unpaired) electrons. The first-order valence-electron chi connectivity index (χ1n) is 10.6. The number of carbonyl (C=O) groups excluding carboxylic acids is 1. The molecule has 0 aliphatic carbocycles. The number of alkyl halides is 2. The summed E-state index contributed by atoms with van der Waals surface area (Å²) >= 11 is 0. The number of benzene rings is 2. The van der Waals surface area contributed by atoms with Crippen LogP contribution in [0.2, 0.25) is 0 Å². The molecule has 0 aliphatic heterocycles. The van der Waals surface area contributed by atoms with Gasteiger partial charge in [0.1, 0.15) is 0 Å². The molecule has 8 heteroatoms. The second-order valence-corrected chi connectivity index (χ2v) is 7.84. The molecule has 0 saturated carbocycles. The first-order chi connectivity index (χ1) is 15.5. The molecule has 0 atom stereocenters. The number of hydrogen-bond acceptors (Lipinski definition) is 3. The molecule has 0 aliphatic rings. The Morgan fingerprint density at radius 2 is 1.88 bits per heavy atom. The quantitative estimate of drug-likeness (QED) is 0.345. The molecule has 0 saturated heterocycles. The summed E-state index contributed by atoms with van der Waals surface area (Å²) in [6.07, 6.45) is 1.09. The smallest absolute Gasteiger partial charge is 0.295 e. The fraction of sp³-hybridized carbons (Fsp3) is 0.292. The van der Waals surface area contributed by atoms with E-state index in [0.717, 1.165) is 42.6 Å². The molecule has 6 nitrogen and oxygen atoms in total. The first-order valence-corrected chi connectivity index (χ1v) is 10.6. The van der Waals surface area contributed by atoms with Crippen molar-refractivity contribution >= 4 is 16.9 Å². The first kappa shape index (κ1) is 21.7. The molecule has 2 N–H and O–H groups in total. The highest BCUT2D eigenvalue weighted by Crippen LogP contribution is 2.21. The number of rotatable bonds is 9. The standard InChI is InChI=1S/C24H25F2N5O/c1-31(24(32)17-11-12-19-21(14-17)28-23(27-19)22(25)26)13-7-3-6-10-18-15-20(30-29-18)16-8-4-2-5-9-16/h2,4-5,8-9,11-12,14-15,22H,3,6-7,10,13H2,1H3,(H,27,28)(H,29,30). The minimum atomic E-state index is -2.67. The van der Waals surface area contributed by atoms with Gasteiger partial charge >= 0.3 is 0 Å². The second-order valence-electron chi connectivity index (χ2n) is 7.84. The number of nitrogens with one attached hydrogen (secondary N) is 2. The summed E-state index contributed by atoms with van der Waals surface area (Å²) in [5.74, 6) is -0.521. The number of amides is 1. The normalized spacial score (nSPS) is 11.4. The van der Waals surface area contributed by atoms with Gasteiger partial charge in [-0.15, -0.1) is 0 Å². The van der Waals surface area contributed by atoms with Gasteiger partial charge in [0.15, 0.2) is 5.82 Å². The molecule has 166 valence electrons. The van der Waals surface area contributed by atoms with Crippen LogP contribution in [0.15, 0.2) is 54.6 Å². The number of aryl methyl sites for hydroxylation is 1. The molecule has 4 aromatic rings. The fourth-order valence-corrected chi connectivity index (χ4v) is 3.68. The molecule has 0 unspecified atom stereocenters. The highest BCUT2D eigenvalue weighted by atomic mass is 19.3. The van der Waals surface area contributed by atoms with Crippen molar-refractivity contribution in [2.45, 2.75) is 32.1 Å². The van der Waals surface area contributed by atoms with Gasteiger partial charge in [0.2, 0.25) is 0 Å². The molecule has 2 heterocycles. The molecule has 2 aromatic carbocycles. The summed E-state index contributed by atoms with van der Waals surface area (Å²) in [6, 6.07) is 16.9. The van der Waals surface area contributed by atoms with Crippen LogP contribution in [0, 0.1) is 0 Å². The Bertz CT molecular complexity index is 1190. The van der Waals surface area contributed by atoms with Gasteiger partial charge in [-0.05, 0) is 43.5 Å². The monoisotopic (exact) mass is 437 g/mol. The molecule has 4 rings (SSSR count). The number of aromatic nitrogens is 4. The van der Waals surface area contributed by atoms with Crippen molar-refractivity contribution in [3.8, 4) is 11.3 Å². The molecule has 0 bridgehead atoms. The van der Waals surface area contributed by atoms with E-state index >= 15 is 0 Å². The van der Waals surface area contributed by atoms with Crippen LogP contribution >= 0.6 is 0 Å². The average molecular weight is 437 g/mol. The summed E-state index contributed by atoms with van der Waals surface area (Å²) in [6.45, 7) is 0.625. The molecular formula is C24H25F2N5O. The van der Waals surface area contributed by atoms with Gasteiger partial charge in [-0.2, -0.15) is 5.10 Å². The number of unbranched alkanes of at least 4 members (excludes halogenated alkanes) is 2. The SMILES string of the molecule is CN(CCCCCc1cc(-c2ccccc2)n[nH]1)C(=O)c1ccc2nc(C(F)F)[nH]c2c1. The molecule has 0 fully saturated rings. The third-order valence-corrected chi connectivity index (χ3v) is 5.44. The predicted octanol–water partition coefficient (Wildman–Crippen LogP) is 5.38. The number of hydrogen-bond donors (Lipinski definition) is 2. The van der Waals surface area contributed by atoms with Crippen LogP contribution in [-0.2, 0) is 6.42 Å². The van der Waals surface area contributed by atoms with Gasteiger partial charge in [-0.1, -0.05) is 36.8 Å². The summed E-state index contributed by atoms with van der Waals surface area (Å²) in [4.78, 5) is 20.8. The van der Waals surface area contributed by atoms with Crippen molar-refractivity contribution in [1.29, 1.82) is 0 Å². The van der Waals surface area contributed by atoms with E-state index in [0.29, 0.717) is 23.1 Å². The molecule has 0 spiro atoms. The van der Waals surface area contributed by atoms with Crippen LogP contribution in [0.3, 0.4) is 0 Å². The number of halogens is 2. The lowest BCUT2D eigenvalue weighted by Gasteiger charge is -2.17. The average Bonchev–Trinajstić information content (AvgIpc) is 3.45. The second kappa shape index (κ2) is 9.72. The Balaban J connectivity index is 1.23. The van der Waals surface area contributed by atoms with E-state index in [-0.39, 0.29) is 11.7 Å². The number of carbonyl (C=O) groups is 1. The van der Waals surface area contributed by atoms with Gasteiger partial charge in [0, 0.05) is 30.4 Å². The zero-order valence-electron chi connectivity index (χ0n) is 17.8. The Morgan fingerprint density at radius 1 is 1.06 bits per heavy atom. The van der Waals surface area contributed by atoms with Gasteiger partial charge in [-0.3, -0.25) is 9.89 Å². The van der Waals surface area contributed by atoms with Crippen molar-refractivity contribution in [2.75, 3.05) is 13.6 Å². The zero-order chi connectivity index (χ0) is 22.5. The Morgan fingerprint density at radius 3 is 2.66 bits per heavy atom. The van der Waals surface area contributed by atoms with E-state index in [9.17, 15) is 13.6 Å². The summed E-state index contributed by atoms with van der Waals surface area (Å²) in [5, 5.41) is 7.47. The van der Waals surface area contributed by atoms with Gasteiger partial charge in [-0.25, -0.2) is 13.8 Å². The zero-order valence-corrected chi connectivity index (χ0v) is 17.8. The highest BCUT2D eigenvalue weighted by Gasteiger charge is 2.16. The summed E-state index contributed by atoms with van der Waals surface area (Å²) in [7, 11) is 1.76. The van der Waals surface area contributed by atoms with Crippen molar-refractivity contribution < 1.29 is 13.6 Å². The van der Waals surface area contributed by atoms with Crippen LogP contribution in [0.4, 0.5) is 8.78 Å². The number of H-pyrrole nitrogens is 2. The maximum atomic E-state index is 12.8. The van der Waals surface area contributed by atoms with Gasteiger partial charge in [0.25, 0.3) is 12.3 Å². The number of fused-ring (bicyclic) bond motifs is 1. The third-order valence-electron chi connectivity index (χ3n) is 5.44. The minimum absolute atomic E-state index is 0.138. The lowest BCUT2D eigenvalue weighted by atomic mass is 10.1. The topological polar surface area (TPSA) is 77.7 Å². The van der Waals surface area contributed by atoms with Crippen molar-refractivity contribution in [1.82, 2.24) is 25.1 Å². The van der Waals surface area contributed by atoms with E-state index < -0.39 is 6.43 Å². The van der Waals surface area contributed by atoms with Crippen LogP contribution in [0.25, 0.3) is 22.3 Å². The molecular weight excluding hydrogens is 412 g/mol. The molecule has 1 amide bonds.